The van der Waals surface area contributed by atoms with Gasteiger partial charge >= 0.3 is 91.3 Å². The van der Waals surface area contributed by atoms with Crippen LogP contribution in [0.15, 0.2) is 0 Å². The Morgan fingerprint density at radius 2 is 1.08 bits per heavy atom. The second kappa shape index (κ2) is 12.8. The van der Waals surface area contributed by atoms with Gasteiger partial charge in [-0.05, 0) is 0 Å². The Balaban J connectivity index is -0.0000000546. The quantitative estimate of drug-likeness (QED) is 0.208. The molecule has 0 amide bonds. The zero-order valence-corrected chi connectivity index (χ0v) is 14.1. The molecule has 2 atom stereocenters. The average Bonchev–Trinajstić information content (AvgIpc) is 1.59. The third kappa shape index (κ3) is 52.7. The van der Waals surface area contributed by atoms with Gasteiger partial charge in [0.1, 0.15) is 0 Å². The van der Waals surface area contributed by atoms with Crippen molar-refractivity contribution >= 4 is 30.6 Å². The summed E-state index contributed by atoms with van der Waals surface area (Å²) in [5.41, 5.74) is 0. The van der Waals surface area contributed by atoms with Crippen LogP contribution in [0.25, 0.3) is 0 Å². The fraction of sp³-hybridized carbons (Fsp3) is 0. The van der Waals surface area contributed by atoms with Crippen LogP contribution >= 0.6 is 0 Å². The Kier molecular flexibility index (Phi) is 24.4. The number of hydrogen-bond donors (Lipinski definition) is 2. The van der Waals surface area contributed by atoms with Gasteiger partial charge in [-0.1, -0.05) is 0 Å². The second-order valence-electron chi connectivity index (χ2n) is 0.856. The topological polar surface area (TPSA) is 155 Å². The molecule has 0 bridgehead atoms. The van der Waals surface area contributed by atoms with Crippen molar-refractivity contribution in [2.75, 3.05) is 0 Å². The zero-order chi connectivity index (χ0) is 9.65. The van der Waals surface area contributed by atoms with Crippen molar-refractivity contribution in [2.24, 2.45) is 0 Å². The summed E-state index contributed by atoms with van der Waals surface area (Å²) in [6.45, 7) is 0. The molecule has 2 N–H and O–H groups in total. The molecule has 0 aliphatic heterocycles. The van der Waals surface area contributed by atoms with Gasteiger partial charge in [-0.25, -0.2) is 0 Å². The van der Waals surface area contributed by atoms with Crippen LogP contribution in [0, 0.1) is 0 Å². The summed E-state index contributed by atoms with van der Waals surface area (Å²) in [7, 11) is -10.6. The van der Waals surface area contributed by atoms with Gasteiger partial charge < -0.3 is 9.11 Å². The first-order chi connectivity index (χ1) is 4.64. The molecule has 2 unspecified atom stereocenters. The molecule has 0 aliphatic rings. The molecule has 0 spiro atoms. The smallest absolute Gasteiger partial charge is 0.763 e. The molecule has 0 aromatic carbocycles. The molecule has 0 rings (SSSR count). The zero-order valence-electron chi connectivity index (χ0n) is 6.57. The van der Waals surface area contributed by atoms with Gasteiger partial charge in [-0.15, -0.1) is 0 Å². The van der Waals surface area contributed by atoms with Crippen LogP contribution in [0.2, 0.25) is 0 Å². The maximum Gasteiger partial charge on any atom is 1.00 e. The summed E-state index contributed by atoms with van der Waals surface area (Å²) in [6.07, 6.45) is 0. The van der Waals surface area contributed by atoms with Crippen LogP contribution < -0.4 is 80.9 Å². The minimum Gasteiger partial charge on any atom is -0.763 e. The molecule has 0 saturated heterocycles. The second-order valence-corrected chi connectivity index (χ2v) is 4.20. The Morgan fingerprint density at radius 1 is 1.00 bits per heavy atom. The van der Waals surface area contributed by atoms with Crippen molar-refractivity contribution in [3.05, 3.63) is 0 Å². The summed E-state index contributed by atoms with van der Waals surface area (Å²) < 4.78 is 67.9. The molecule has 0 fully saturated rings. The van der Waals surface area contributed by atoms with E-state index >= 15 is 0 Å². The minimum atomic E-state index is -4.67. The molecule has 0 aromatic heterocycles. The molecule has 0 radical (unpaired) electrons. The van der Waals surface area contributed by atoms with Gasteiger partial charge in [0.25, 0.3) is 0 Å². The molecule has 0 heterocycles. The van der Waals surface area contributed by atoms with Gasteiger partial charge in [0.2, 0.25) is 0 Å². The standard InChI is InChI=1S/K.Na.H2O4S2.H2O4S/c;;1-5(2)6(3)4;1-5(2,3)4/h;;(H,1,2)(H,3,4);(H2,1,2,3,4)/q2*+1;;/p-2. The van der Waals surface area contributed by atoms with E-state index < -0.39 is 30.6 Å². The molecule has 8 nitrogen and oxygen atoms in total. The van der Waals surface area contributed by atoms with E-state index in [1.165, 1.54) is 0 Å². The molecule has 70 valence electrons. The molecule has 13 heteroatoms. The minimum absolute atomic E-state index is 0. The van der Waals surface area contributed by atoms with E-state index in [4.69, 9.17) is 35.0 Å². The Morgan fingerprint density at radius 3 is 1.08 bits per heavy atom. The van der Waals surface area contributed by atoms with Crippen LogP contribution in [0.3, 0.4) is 0 Å². The summed E-state index contributed by atoms with van der Waals surface area (Å²) in [4.78, 5) is 0. The van der Waals surface area contributed by atoms with Crippen LogP contribution in [0.5, 0.6) is 0 Å². The van der Waals surface area contributed by atoms with Gasteiger partial charge in [-0.2, -0.15) is 8.42 Å². The average molecular weight is 288 g/mol. The number of rotatable bonds is 1. The van der Waals surface area contributed by atoms with Crippen molar-refractivity contribution in [2.45, 2.75) is 0 Å². The Hall–Kier alpha value is 2.73. The normalized spacial score (nSPS) is 13.5. The molecular formula is H2KNaO8S3. The van der Waals surface area contributed by atoms with E-state index in [1.54, 1.807) is 0 Å². The molecule has 0 aromatic rings. The SMILES string of the molecule is O=S(=O)(O)O.O=S([O-])S(=O)[O-].[K+].[Na+]. The summed E-state index contributed by atoms with van der Waals surface area (Å²) >= 11 is 0. The summed E-state index contributed by atoms with van der Waals surface area (Å²) in [6, 6.07) is 0. The Bertz CT molecular complexity index is 222. The summed E-state index contributed by atoms with van der Waals surface area (Å²) in [5, 5.41) is 0. The first-order valence-corrected chi connectivity index (χ1v) is 5.60. The van der Waals surface area contributed by atoms with E-state index in [0.29, 0.717) is 0 Å². The van der Waals surface area contributed by atoms with Crippen LogP contribution in [0.4, 0.5) is 0 Å². The third-order valence-electron chi connectivity index (χ3n) is 0.111. The van der Waals surface area contributed by atoms with Gasteiger partial charge in [-0.3, -0.25) is 17.5 Å². The van der Waals surface area contributed by atoms with Gasteiger partial charge in [0.15, 0.2) is 0 Å². The fourth-order valence-electron chi connectivity index (χ4n) is 0. The molecule has 0 saturated carbocycles. The van der Waals surface area contributed by atoms with Crippen LogP contribution in [-0.2, 0) is 30.6 Å². The molecule has 0 aliphatic carbocycles. The first kappa shape index (κ1) is 24.8. The van der Waals surface area contributed by atoms with Crippen LogP contribution in [-0.4, -0.2) is 35.0 Å². The van der Waals surface area contributed by atoms with Gasteiger partial charge in [0, 0.05) is 20.2 Å². The van der Waals surface area contributed by atoms with E-state index in [-0.39, 0.29) is 80.9 Å². The van der Waals surface area contributed by atoms with Crippen molar-refractivity contribution in [1.29, 1.82) is 0 Å². The molecular weight excluding hydrogens is 286 g/mol. The fourth-order valence-corrected chi connectivity index (χ4v) is 0. The first-order valence-electron chi connectivity index (χ1n) is 1.53. The number of hydrogen-bond acceptors (Lipinski definition) is 6. The Labute approximate surface area is 144 Å². The maximum atomic E-state index is 9.09. The van der Waals surface area contributed by atoms with Crippen LogP contribution in [0.1, 0.15) is 0 Å². The van der Waals surface area contributed by atoms with Crippen molar-refractivity contribution in [3.8, 4) is 0 Å². The predicted octanol–water partition coefficient (Wildman–Crippen LogP) is -7.99. The predicted molar refractivity (Wildman–Crippen MR) is 32.0 cm³/mol. The third-order valence-corrected chi connectivity index (χ3v) is 1.00. The van der Waals surface area contributed by atoms with E-state index in [9.17, 15) is 0 Å². The van der Waals surface area contributed by atoms with E-state index in [1.807, 2.05) is 0 Å². The van der Waals surface area contributed by atoms with Crippen molar-refractivity contribution in [3.63, 3.8) is 0 Å². The maximum absolute atomic E-state index is 9.09. The summed E-state index contributed by atoms with van der Waals surface area (Å²) in [5.74, 6) is 0. The monoisotopic (exact) mass is 288 g/mol. The molecule has 13 heavy (non-hydrogen) atoms. The van der Waals surface area contributed by atoms with Crippen molar-refractivity contribution in [1.82, 2.24) is 0 Å². The van der Waals surface area contributed by atoms with Crippen molar-refractivity contribution < 1.29 is 116 Å². The van der Waals surface area contributed by atoms with E-state index in [0.717, 1.165) is 0 Å². The largest absolute Gasteiger partial charge is 1.00 e. The van der Waals surface area contributed by atoms with Gasteiger partial charge in [0.05, 0.1) is 0 Å². The van der Waals surface area contributed by atoms with E-state index in [2.05, 4.69) is 0 Å².